The molecule has 1 aromatic heterocycles. The van der Waals surface area contributed by atoms with Gasteiger partial charge in [-0.25, -0.2) is 4.68 Å². The highest BCUT2D eigenvalue weighted by molar-refractivity contribution is 8.14. The monoisotopic (exact) mass is 254 g/mol. The number of thioether (sulfide) groups is 1. The third kappa shape index (κ3) is 2.49. The van der Waals surface area contributed by atoms with Crippen LogP contribution < -0.4 is 5.32 Å². The first-order valence-corrected chi connectivity index (χ1v) is 6.31. The molecule has 0 spiro atoms. The molecule has 1 aromatic rings. The Kier molecular flexibility index (Phi) is 3.46. The van der Waals surface area contributed by atoms with E-state index in [0.29, 0.717) is 5.69 Å². The minimum Gasteiger partial charge on any atom is -0.354 e. The molecule has 2 unspecified atom stereocenters. The predicted octanol–water partition coefficient (Wildman–Crippen LogP) is 0.621. The summed E-state index contributed by atoms with van der Waals surface area (Å²) in [5.41, 5.74) is 0.311. The second-order valence-electron chi connectivity index (χ2n) is 3.96. The Bertz CT molecular complexity index is 445. The zero-order chi connectivity index (χ0) is 12.4. The van der Waals surface area contributed by atoms with E-state index in [1.54, 1.807) is 24.9 Å². The van der Waals surface area contributed by atoms with Crippen LogP contribution in [0.25, 0.3) is 0 Å². The Morgan fingerprint density at radius 3 is 2.82 bits per heavy atom. The number of hydrogen-bond acceptors (Lipinski definition) is 5. The zero-order valence-corrected chi connectivity index (χ0v) is 10.5. The van der Waals surface area contributed by atoms with E-state index in [-0.39, 0.29) is 22.3 Å². The van der Waals surface area contributed by atoms with Crippen molar-refractivity contribution < 1.29 is 9.59 Å². The van der Waals surface area contributed by atoms with Gasteiger partial charge in [0.25, 0.3) is 5.91 Å². The van der Waals surface area contributed by atoms with E-state index in [2.05, 4.69) is 15.6 Å². The summed E-state index contributed by atoms with van der Waals surface area (Å²) >= 11 is 1.34. The molecule has 1 heterocycles. The molecule has 0 saturated heterocycles. The molecule has 92 valence electrons. The van der Waals surface area contributed by atoms with Gasteiger partial charge in [0.15, 0.2) is 10.8 Å². The van der Waals surface area contributed by atoms with E-state index in [1.165, 1.54) is 11.8 Å². The Hall–Kier alpha value is -1.37. The summed E-state index contributed by atoms with van der Waals surface area (Å²) in [4.78, 5) is 22.4. The first kappa shape index (κ1) is 12.1. The highest BCUT2D eigenvalue weighted by atomic mass is 32.2. The molecule has 1 aliphatic carbocycles. The predicted molar refractivity (Wildman–Crippen MR) is 63.7 cm³/mol. The summed E-state index contributed by atoms with van der Waals surface area (Å²) in [5, 5.41) is 10.6. The number of aromatic nitrogens is 3. The van der Waals surface area contributed by atoms with Crippen LogP contribution in [0.3, 0.4) is 0 Å². The third-order valence-corrected chi connectivity index (χ3v) is 3.99. The molecular formula is C10H14N4O2S. The van der Waals surface area contributed by atoms with Crippen molar-refractivity contribution in [1.82, 2.24) is 20.3 Å². The molecule has 17 heavy (non-hydrogen) atoms. The van der Waals surface area contributed by atoms with Gasteiger partial charge in [0.05, 0.1) is 12.2 Å². The molecule has 0 radical (unpaired) electrons. The topological polar surface area (TPSA) is 76.9 Å². The second-order valence-corrected chi connectivity index (χ2v) is 5.37. The van der Waals surface area contributed by atoms with Crippen molar-refractivity contribution in [1.29, 1.82) is 0 Å². The molecule has 1 saturated carbocycles. The van der Waals surface area contributed by atoms with Crippen LogP contribution in [0.2, 0.25) is 0 Å². The molecule has 0 bridgehead atoms. The molecular weight excluding hydrogens is 240 g/mol. The lowest BCUT2D eigenvalue weighted by Gasteiger charge is -2.34. The molecule has 7 heteroatoms. The maximum atomic E-state index is 11.3. The van der Waals surface area contributed by atoms with Crippen LogP contribution in [0.5, 0.6) is 0 Å². The quantitative estimate of drug-likeness (QED) is 0.855. The van der Waals surface area contributed by atoms with Gasteiger partial charge in [0.1, 0.15) is 0 Å². The molecule has 1 amide bonds. The fourth-order valence-corrected chi connectivity index (χ4v) is 2.87. The van der Waals surface area contributed by atoms with Gasteiger partial charge in [-0.3, -0.25) is 9.59 Å². The van der Waals surface area contributed by atoms with Crippen LogP contribution in [0.1, 0.15) is 36.3 Å². The van der Waals surface area contributed by atoms with Crippen molar-refractivity contribution in [3.05, 3.63) is 11.9 Å². The molecule has 6 nitrogen and oxygen atoms in total. The van der Waals surface area contributed by atoms with Crippen molar-refractivity contribution >= 4 is 22.8 Å². The highest BCUT2D eigenvalue weighted by Crippen LogP contribution is 2.40. The third-order valence-electron chi connectivity index (χ3n) is 2.80. The second kappa shape index (κ2) is 4.87. The van der Waals surface area contributed by atoms with E-state index in [1.807, 2.05) is 0 Å². The SMILES string of the molecule is CNC(=O)c1cn(C2CCC2SC(C)=O)nn1. The standard InChI is InChI=1S/C10H14N4O2S/c1-6(15)17-9-4-3-8(9)14-5-7(12-13-14)10(16)11-2/h5,8-9H,3-4H2,1-2H3,(H,11,16). The van der Waals surface area contributed by atoms with Gasteiger partial charge in [-0.15, -0.1) is 5.10 Å². The first-order chi connectivity index (χ1) is 8.11. The van der Waals surface area contributed by atoms with Gasteiger partial charge < -0.3 is 5.32 Å². The van der Waals surface area contributed by atoms with Crippen LogP contribution >= 0.6 is 11.8 Å². The lowest BCUT2D eigenvalue weighted by Crippen LogP contribution is -2.32. The molecule has 1 aliphatic rings. The van der Waals surface area contributed by atoms with Crippen LogP contribution in [-0.2, 0) is 4.79 Å². The Balaban J connectivity index is 2.05. The van der Waals surface area contributed by atoms with Gasteiger partial charge in [-0.05, 0) is 12.8 Å². The lowest BCUT2D eigenvalue weighted by molar-refractivity contribution is -0.109. The fraction of sp³-hybridized carbons (Fsp3) is 0.600. The molecule has 0 aliphatic heterocycles. The van der Waals surface area contributed by atoms with Crippen LogP contribution in [0.15, 0.2) is 6.20 Å². The molecule has 2 rings (SSSR count). The van der Waals surface area contributed by atoms with Crippen molar-refractivity contribution in [3.8, 4) is 0 Å². The summed E-state index contributed by atoms with van der Waals surface area (Å²) in [5.74, 6) is -0.244. The normalized spacial score (nSPS) is 22.9. The summed E-state index contributed by atoms with van der Waals surface area (Å²) in [7, 11) is 1.55. The minimum atomic E-state index is -0.244. The van der Waals surface area contributed by atoms with Gasteiger partial charge in [-0.1, -0.05) is 17.0 Å². The van der Waals surface area contributed by atoms with Gasteiger partial charge >= 0.3 is 0 Å². The number of hydrogen-bond donors (Lipinski definition) is 1. The number of rotatable bonds is 3. The lowest BCUT2D eigenvalue weighted by atomic mass is 9.92. The van der Waals surface area contributed by atoms with Crippen molar-refractivity contribution in [2.24, 2.45) is 0 Å². The summed E-state index contributed by atoms with van der Waals surface area (Å²) in [6, 6.07) is 0.176. The van der Waals surface area contributed by atoms with E-state index < -0.39 is 0 Å². The number of nitrogens with one attached hydrogen (secondary N) is 1. The maximum absolute atomic E-state index is 11.3. The molecule has 2 atom stereocenters. The highest BCUT2D eigenvalue weighted by Gasteiger charge is 2.35. The van der Waals surface area contributed by atoms with Crippen LogP contribution in [-0.4, -0.2) is 38.3 Å². The van der Waals surface area contributed by atoms with Crippen LogP contribution in [0, 0.1) is 0 Å². The smallest absolute Gasteiger partial charge is 0.273 e. The maximum Gasteiger partial charge on any atom is 0.273 e. The summed E-state index contributed by atoms with van der Waals surface area (Å²) in [6.45, 7) is 1.57. The molecule has 0 aromatic carbocycles. The minimum absolute atomic E-state index is 0.117. The average molecular weight is 254 g/mol. The molecule has 1 N–H and O–H groups in total. The Morgan fingerprint density at radius 1 is 1.53 bits per heavy atom. The summed E-state index contributed by atoms with van der Waals surface area (Å²) < 4.78 is 1.69. The summed E-state index contributed by atoms with van der Waals surface area (Å²) in [6.07, 6.45) is 3.61. The van der Waals surface area contributed by atoms with Gasteiger partial charge in [-0.2, -0.15) is 0 Å². The van der Waals surface area contributed by atoms with Crippen molar-refractivity contribution in [3.63, 3.8) is 0 Å². The average Bonchev–Trinajstić information content (AvgIpc) is 2.72. The fourth-order valence-electron chi connectivity index (χ4n) is 1.78. The van der Waals surface area contributed by atoms with Gasteiger partial charge in [0, 0.05) is 19.2 Å². The number of nitrogens with zero attached hydrogens (tertiary/aromatic N) is 3. The number of carbonyl (C=O) groups is 2. The van der Waals surface area contributed by atoms with E-state index >= 15 is 0 Å². The first-order valence-electron chi connectivity index (χ1n) is 5.43. The Morgan fingerprint density at radius 2 is 2.29 bits per heavy atom. The largest absolute Gasteiger partial charge is 0.354 e. The van der Waals surface area contributed by atoms with Crippen LogP contribution in [0.4, 0.5) is 0 Å². The van der Waals surface area contributed by atoms with Crippen molar-refractivity contribution in [2.75, 3.05) is 7.05 Å². The molecule has 1 fully saturated rings. The van der Waals surface area contributed by atoms with E-state index in [9.17, 15) is 9.59 Å². The zero-order valence-electron chi connectivity index (χ0n) is 9.71. The number of amides is 1. The van der Waals surface area contributed by atoms with E-state index in [0.717, 1.165) is 12.8 Å². The number of carbonyl (C=O) groups excluding carboxylic acids is 2. The van der Waals surface area contributed by atoms with Gasteiger partial charge in [0.2, 0.25) is 0 Å². The van der Waals surface area contributed by atoms with E-state index in [4.69, 9.17) is 0 Å². The van der Waals surface area contributed by atoms with Crippen molar-refractivity contribution in [2.45, 2.75) is 31.1 Å². The Labute approximate surface area is 103 Å².